The normalized spacial score (nSPS) is 14.8. The van der Waals surface area contributed by atoms with Gasteiger partial charge in [-0.1, -0.05) is 60.2 Å². The largest absolute Gasteiger partial charge is 0.459 e. The van der Waals surface area contributed by atoms with Gasteiger partial charge in [-0.05, 0) is 30.2 Å². The number of nitrogens with one attached hydrogen (secondary N) is 1. The summed E-state index contributed by atoms with van der Waals surface area (Å²) in [5.41, 5.74) is 3.03. The molecule has 182 valence electrons. The van der Waals surface area contributed by atoms with E-state index in [0.29, 0.717) is 18.7 Å². The van der Waals surface area contributed by atoms with Crippen molar-refractivity contribution < 1.29 is 23.5 Å². The first-order valence-corrected chi connectivity index (χ1v) is 11.6. The first-order chi connectivity index (χ1) is 17.0. The molecule has 0 radical (unpaired) electrons. The molecule has 1 aromatic heterocycles. The zero-order valence-corrected chi connectivity index (χ0v) is 19.7. The molecule has 0 saturated carbocycles. The van der Waals surface area contributed by atoms with Gasteiger partial charge in [-0.25, -0.2) is 4.79 Å². The summed E-state index contributed by atoms with van der Waals surface area (Å²) in [6.45, 7) is 5.17. The van der Waals surface area contributed by atoms with Crippen LogP contribution in [0.2, 0.25) is 0 Å². The van der Waals surface area contributed by atoms with Crippen LogP contribution in [0.15, 0.2) is 77.4 Å². The van der Waals surface area contributed by atoms with Gasteiger partial charge in [0.1, 0.15) is 0 Å². The lowest BCUT2D eigenvalue weighted by Crippen LogP contribution is -2.49. The van der Waals surface area contributed by atoms with E-state index in [2.05, 4.69) is 41.4 Å². The third-order valence-electron chi connectivity index (χ3n) is 5.94. The van der Waals surface area contributed by atoms with E-state index < -0.39 is 17.9 Å². The fourth-order valence-corrected chi connectivity index (χ4v) is 4.07. The van der Waals surface area contributed by atoms with Gasteiger partial charge in [0.2, 0.25) is 0 Å². The van der Waals surface area contributed by atoms with Crippen molar-refractivity contribution in [1.29, 1.82) is 0 Å². The number of aryl methyl sites for hydroxylation is 1. The predicted molar refractivity (Wildman–Crippen MR) is 129 cm³/mol. The van der Waals surface area contributed by atoms with E-state index in [4.69, 9.17) is 9.15 Å². The van der Waals surface area contributed by atoms with E-state index in [1.54, 1.807) is 35.2 Å². The summed E-state index contributed by atoms with van der Waals surface area (Å²) in [7, 11) is 0. The van der Waals surface area contributed by atoms with Crippen LogP contribution in [0.25, 0.3) is 0 Å². The number of carbonyl (C=O) groups is 3. The van der Waals surface area contributed by atoms with Gasteiger partial charge in [0.15, 0.2) is 18.4 Å². The van der Waals surface area contributed by atoms with Gasteiger partial charge in [-0.2, -0.15) is 0 Å². The second kappa shape index (κ2) is 11.5. The predicted octanol–water partition coefficient (Wildman–Crippen LogP) is 2.95. The minimum absolute atomic E-state index is 0.0818. The van der Waals surface area contributed by atoms with Crippen LogP contribution >= 0.6 is 0 Å². The van der Waals surface area contributed by atoms with E-state index in [9.17, 15) is 14.4 Å². The summed E-state index contributed by atoms with van der Waals surface area (Å²) in [4.78, 5) is 42.1. The molecule has 1 aliphatic heterocycles. The van der Waals surface area contributed by atoms with Crippen molar-refractivity contribution in [2.75, 3.05) is 32.8 Å². The first kappa shape index (κ1) is 24.2. The molecule has 2 aromatic carbocycles. The van der Waals surface area contributed by atoms with Crippen LogP contribution < -0.4 is 5.32 Å². The lowest BCUT2D eigenvalue weighted by molar-refractivity contribution is -0.154. The van der Waals surface area contributed by atoms with Crippen molar-refractivity contribution >= 4 is 17.8 Å². The highest BCUT2D eigenvalue weighted by atomic mass is 16.5. The van der Waals surface area contributed by atoms with Crippen LogP contribution in [-0.2, 0) is 20.9 Å². The molecule has 1 unspecified atom stereocenters. The van der Waals surface area contributed by atoms with Gasteiger partial charge < -0.3 is 19.4 Å². The number of piperazine rings is 1. The number of hydrogen-bond acceptors (Lipinski definition) is 6. The molecule has 1 atom stereocenters. The van der Waals surface area contributed by atoms with Crippen LogP contribution in [0.3, 0.4) is 0 Å². The van der Waals surface area contributed by atoms with Gasteiger partial charge in [-0.15, -0.1) is 0 Å². The Balaban J connectivity index is 1.29. The lowest BCUT2D eigenvalue weighted by Gasteiger charge is -2.34. The van der Waals surface area contributed by atoms with Crippen molar-refractivity contribution in [3.8, 4) is 0 Å². The highest BCUT2D eigenvalue weighted by Crippen LogP contribution is 2.16. The Kier molecular flexibility index (Phi) is 7.95. The van der Waals surface area contributed by atoms with Crippen molar-refractivity contribution in [1.82, 2.24) is 15.1 Å². The van der Waals surface area contributed by atoms with Crippen LogP contribution in [0.1, 0.15) is 33.3 Å². The Morgan fingerprint density at radius 2 is 1.74 bits per heavy atom. The molecule has 0 bridgehead atoms. The van der Waals surface area contributed by atoms with Gasteiger partial charge >= 0.3 is 5.97 Å². The number of amides is 2. The zero-order valence-electron chi connectivity index (χ0n) is 19.7. The Morgan fingerprint density at radius 3 is 2.43 bits per heavy atom. The quantitative estimate of drug-likeness (QED) is 0.504. The maximum absolute atomic E-state index is 12.9. The molecule has 8 heteroatoms. The van der Waals surface area contributed by atoms with Crippen molar-refractivity contribution in [2.45, 2.75) is 19.5 Å². The van der Waals surface area contributed by atoms with Crippen LogP contribution in [0, 0.1) is 6.92 Å². The summed E-state index contributed by atoms with van der Waals surface area (Å²) in [6, 6.07) is 19.2. The molecule has 1 saturated heterocycles. The van der Waals surface area contributed by atoms with Gasteiger partial charge in [0.25, 0.3) is 11.8 Å². The van der Waals surface area contributed by atoms with Gasteiger partial charge in [-0.3, -0.25) is 14.5 Å². The SMILES string of the molecule is Cc1cccc(CN2CCN(C(=O)COC(=O)C(NC(=O)c3ccco3)c3ccccc3)CC2)c1. The zero-order chi connectivity index (χ0) is 24.6. The molecule has 4 rings (SSSR count). The smallest absolute Gasteiger partial charge is 0.333 e. The third-order valence-corrected chi connectivity index (χ3v) is 5.94. The van der Waals surface area contributed by atoms with Gasteiger partial charge in [0.05, 0.1) is 6.26 Å². The number of ether oxygens (including phenoxy) is 1. The Hall–Kier alpha value is -3.91. The Morgan fingerprint density at radius 1 is 0.971 bits per heavy atom. The average Bonchev–Trinajstić information content (AvgIpc) is 3.42. The fraction of sp³-hybridized carbons (Fsp3) is 0.296. The highest BCUT2D eigenvalue weighted by Gasteiger charge is 2.28. The summed E-state index contributed by atoms with van der Waals surface area (Å²) in [6.07, 6.45) is 1.38. The minimum Gasteiger partial charge on any atom is -0.459 e. The van der Waals surface area contributed by atoms with E-state index >= 15 is 0 Å². The number of rotatable bonds is 8. The number of furan rings is 1. The fourth-order valence-electron chi connectivity index (χ4n) is 4.07. The van der Waals surface area contributed by atoms with E-state index in [0.717, 1.165) is 19.6 Å². The summed E-state index contributed by atoms with van der Waals surface area (Å²) in [5, 5.41) is 2.63. The summed E-state index contributed by atoms with van der Waals surface area (Å²) >= 11 is 0. The van der Waals surface area contributed by atoms with Crippen molar-refractivity contribution in [3.05, 3.63) is 95.4 Å². The standard InChI is InChI=1S/C27H29N3O5/c1-20-7-5-8-21(17-20)18-29-12-14-30(15-13-29)24(31)19-35-27(33)25(22-9-3-2-4-10-22)28-26(32)23-11-6-16-34-23/h2-11,16-17,25H,12-15,18-19H2,1H3,(H,28,32). The molecule has 3 aromatic rings. The molecule has 35 heavy (non-hydrogen) atoms. The van der Waals surface area contributed by atoms with E-state index in [1.165, 1.54) is 23.5 Å². The summed E-state index contributed by atoms with van der Waals surface area (Å²) < 4.78 is 10.5. The molecule has 2 heterocycles. The van der Waals surface area contributed by atoms with Crippen LogP contribution in [0.4, 0.5) is 0 Å². The molecule has 8 nitrogen and oxygen atoms in total. The Labute approximate surface area is 204 Å². The van der Waals surface area contributed by atoms with E-state index in [-0.39, 0.29) is 18.3 Å². The molecule has 1 fully saturated rings. The Bertz CT molecular complexity index is 1140. The molecule has 1 aliphatic rings. The van der Waals surface area contributed by atoms with Crippen molar-refractivity contribution in [2.24, 2.45) is 0 Å². The molecule has 2 amide bonds. The second-order valence-electron chi connectivity index (χ2n) is 8.55. The molecular formula is C27H29N3O5. The average molecular weight is 476 g/mol. The van der Waals surface area contributed by atoms with Gasteiger partial charge in [0, 0.05) is 32.7 Å². The maximum atomic E-state index is 12.9. The second-order valence-corrected chi connectivity index (χ2v) is 8.55. The van der Waals surface area contributed by atoms with Crippen molar-refractivity contribution in [3.63, 3.8) is 0 Å². The number of nitrogens with zero attached hydrogens (tertiary/aromatic N) is 2. The number of carbonyl (C=O) groups excluding carboxylic acids is 3. The van der Waals surface area contributed by atoms with Crippen LogP contribution in [0.5, 0.6) is 0 Å². The minimum atomic E-state index is -1.06. The highest BCUT2D eigenvalue weighted by molar-refractivity contribution is 5.95. The summed E-state index contributed by atoms with van der Waals surface area (Å²) in [5.74, 6) is -1.42. The third kappa shape index (κ3) is 6.58. The maximum Gasteiger partial charge on any atom is 0.333 e. The lowest BCUT2D eigenvalue weighted by atomic mass is 10.1. The number of benzene rings is 2. The monoisotopic (exact) mass is 475 g/mol. The number of esters is 1. The topological polar surface area (TPSA) is 92.1 Å². The molecular weight excluding hydrogens is 446 g/mol. The van der Waals surface area contributed by atoms with Crippen LogP contribution in [-0.4, -0.2) is 60.4 Å². The molecule has 0 spiro atoms. The molecule has 1 N–H and O–H groups in total. The van der Waals surface area contributed by atoms with E-state index in [1.807, 2.05) is 6.07 Å². The number of hydrogen-bond donors (Lipinski definition) is 1. The first-order valence-electron chi connectivity index (χ1n) is 11.6. The molecule has 0 aliphatic carbocycles.